The maximum absolute atomic E-state index is 13.4. The fourth-order valence-corrected chi connectivity index (χ4v) is 4.48. The second-order valence-electron chi connectivity index (χ2n) is 8.73. The molecular formula is C33H27NO2. The van der Waals surface area contributed by atoms with E-state index in [1.165, 1.54) is 0 Å². The van der Waals surface area contributed by atoms with E-state index in [4.69, 9.17) is 0 Å². The van der Waals surface area contributed by atoms with E-state index in [1.54, 1.807) is 0 Å². The topological polar surface area (TPSA) is 40.5 Å². The molecule has 0 bridgehead atoms. The van der Waals surface area contributed by atoms with E-state index in [0.29, 0.717) is 16.7 Å². The normalized spacial score (nSPS) is 10.7. The molecule has 0 aliphatic carbocycles. The quantitative estimate of drug-likeness (QED) is 0.247. The molecule has 0 radical (unpaired) electrons. The number of benzene rings is 5. The van der Waals surface area contributed by atoms with Crippen molar-refractivity contribution in [3.63, 3.8) is 0 Å². The van der Waals surface area contributed by atoms with Gasteiger partial charge in [-0.3, -0.25) is 4.79 Å². The summed E-state index contributed by atoms with van der Waals surface area (Å²) >= 11 is 0. The molecule has 176 valence electrons. The molecule has 5 aromatic rings. The van der Waals surface area contributed by atoms with E-state index < -0.39 is 0 Å². The zero-order valence-corrected chi connectivity index (χ0v) is 20.1. The lowest BCUT2D eigenvalue weighted by Gasteiger charge is -2.25. The number of aliphatic hydroxyl groups excluding tert-OH is 1. The van der Waals surface area contributed by atoms with Gasteiger partial charge in [-0.25, -0.2) is 0 Å². The van der Waals surface area contributed by atoms with Gasteiger partial charge in [0.05, 0.1) is 6.61 Å². The molecule has 0 atom stereocenters. The zero-order valence-electron chi connectivity index (χ0n) is 20.1. The Morgan fingerprint density at radius 2 is 1.14 bits per heavy atom. The van der Waals surface area contributed by atoms with Gasteiger partial charge in [0.15, 0.2) is 5.78 Å². The van der Waals surface area contributed by atoms with Gasteiger partial charge in [0.2, 0.25) is 0 Å². The molecule has 1 N–H and O–H groups in total. The average molecular weight is 470 g/mol. The maximum atomic E-state index is 13.4. The fourth-order valence-electron chi connectivity index (χ4n) is 4.48. The molecule has 0 fully saturated rings. The molecule has 3 nitrogen and oxygen atoms in total. The molecule has 0 heterocycles. The van der Waals surface area contributed by atoms with Crippen LogP contribution in [0.4, 0.5) is 17.1 Å². The summed E-state index contributed by atoms with van der Waals surface area (Å²) in [4.78, 5) is 15.6. The molecule has 0 unspecified atom stereocenters. The molecule has 5 rings (SSSR count). The Morgan fingerprint density at radius 3 is 1.72 bits per heavy atom. The standard InChI is InChI=1S/C33H27NO2/c1-24-10-8-9-15-31(24)33(36)32-22-26(16-17-27(32)23-35)25-18-20-30(21-19-25)34(28-11-4-2-5-12-28)29-13-6-3-7-14-29/h2-22,35H,23H2,1H3. The first kappa shape index (κ1) is 23.3. The van der Waals surface area contributed by atoms with Crippen molar-refractivity contribution in [3.8, 4) is 11.1 Å². The molecule has 3 heteroatoms. The van der Waals surface area contributed by atoms with Crippen molar-refractivity contribution >= 4 is 22.8 Å². The van der Waals surface area contributed by atoms with Crippen LogP contribution in [0.2, 0.25) is 0 Å². The van der Waals surface area contributed by atoms with Gasteiger partial charge in [0.1, 0.15) is 0 Å². The van der Waals surface area contributed by atoms with Crippen LogP contribution in [0.15, 0.2) is 127 Å². The molecule has 0 amide bonds. The highest BCUT2D eigenvalue weighted by Gasteiger charge is 2.17. The first-order chi connectivity index (χ1) is 17.7. The molecule has 0 saturated carbocycles. The van der Waals surface area contributed by atoms with Crippen LogP contribution in [0.25, 0.3) is 11.1 Å². The van der Waals surface area contributed by atoms with Crippen LogP contribution >= 0.6 is 0 Å². The van der Waals surface area contributed by atoms with Gasteiger partial charge < -0.3 is 10.0 Å². The van der Waals surface area contributed by atoms with E-state index in [-0.39, 0.29) is 12.4 Å². The van der Waals surface area contributed by atoms with Crippen LogP contribution in [0.5, 0.6) is 0 Å². The molecule has 0 aliphatic heterocycles. The molecule has 0 aliphatic rings. The summed E-state index contributed by atoms with van der Waals surface area (Å²) in [6.45, 7) is 1.74. The number of anilines is 3. The van der Waals surface area contributed by atoms with E-state index >= 15 is 0 Å². The number of aryl methyl sites for hydroxylation is 1. The summed E-state index contributed by atoms with van der Waals surface area (Å²) in [5, 5.41) is 9.90. The highest BCUT2D eigenvalue weighted by atomic mass is 16.3. The van der Waals surface area contributed by atoms with Crippen LogP contribution in [0.3, 0.4) is 0 Å². The molecular weight excluding hydrogens is 442 g/mol. The lowest BCUT2D eigenvalue weighted by Crippen LogP contribution is -2.09. The summed E-state index contributed by atoms with van der Waals surface area (Å²) < 4.78 is 0. The molecule has 0 aromatic heterocycles. The van der Waals surface area contributed by atoms with Gasteiger partial charge in [0, 0.05) is 28.2 Å². The number of hydrogen-bond acceptors (Lipinski definition) is 3. The number of aliphatic hydroxyl groups is 1. The van der Waals surface area contributed by atoms with Crippen molar-refractivity contribution in [2.24, 2.45) is 0 Å². The first-order valence-corrected chi connectivity index (χ1v) is 12.0. The Morgan fingerprint density at radius 1 is 0.611 bits per heavy atom. The SMILES string of the molecule is Cc1ccccc1C(=O)c1cc(-c2ccc(N(c3ccccc3)c3ccccc3)cc2)ccc1CO. The summed E-state index contributed by atoms with van der Waals surface area (Å²) in [7, 11) is 0. The largest absolute Gasteiger partial charge is 0.392 e. The number of para-hydroxylation sites is 2. The summed E-state index contributed by atoms with van der Waals surface area (Å²) in [6, 6.07) is 42.1. The lowest BCUT2D eigenvalue weighted by molar-refractivity contribution is 0.103. The third-order valence-electron chi connectivity index (χ3n) is 6.40. The van der Waals surface area contributed by atoms with E-state index in [1.807, 2.05) is 85.8 Å². The van der Waals surface area contributed by atoms with Crippen LogP contribution in [-0.2, 0) is 6.61 Å². The second-order valence-corrected chi connectivity index (χ2v) is 8.73. The summed E-state index contributed by atoms with van der Waals surface area (Å²) in [5.74, 6) is -0.0741. The monoisotopic (exact) mass is 469 g/mol. The zero-order chi connectivity index (χ0) is 24.9. The van der Waals surface area contributed by atoms with Crippen molar-refractivity contribution in [1.82, 2.24) is 0 Å². The minimum atomic E-state index is -0.185. The third-order valence-corrected chi connectivity index (χ3v) is 6.40. The molecule has 0 saturated heterocycles. The smallest absolute Gasteiger partial charge is 0.193 e. The summed E-state index contributed by atoms with van der Waals surface area (Å²) in [5.41, 5.74) is 7.87. The van der Waals surface area contributed by atoms with Crippen LogP contribution in [-0.4, -0.2) is 10.9 Å². The van der Waals surface area contributed by atoms with Crippen molar-refractivity contribution in [3.05, 3.63) is 150 Å². The molecule has 0 spiro atoms. The van der Waals surface area contributed by atoms with E-state index in [2.05, 4.69) is 53.4 Å². The maximum Gasteiger partial charge on any atom is 0.193 e. The first-order valence-electron chi connectivity index (χ1n) is 12.0. The Bertz CT molecular complexity index is 1440. The lowest BCUT2D eigenvalue weighted by atomic mass is 9.92. The van der Waals surface area contributed by atoms with Crippen LogP contribution < -0.4 is 4.90 Å². The van der Waals surface area contributed by atoms with Crippen LogP contribution in [0, 0.1) is 6.92 Å². The third kappa shape index (κ3) is 4.70. The predicted molar refractivity (Wildman–Crippen MR) is 147 cm³/mol. The number of ketones is 1. The molecule has 5 aromatic carbocycles. The predicted octanol–water partition coefficient (Wildman–Crippen LogP) is 7.86. The Hall–Kier alpha value is -4.47. The Balaban J connectivity index is 1.52. The highest BCUT2D eigenvalue weighted by molar-refractivity contribution is 6.11. The number of rotatable bonds is 7. The van der Waals surface area contributed by atoms with E-state index in [0.717, 1.165) is 33.8 Å². The van der Waals surface area contributed by atoms with Crippen molar-refractivity contribution < 1.29 is 9.90 Å². The second kappa shape index (κ2) is 10.4. The van der Waals surface area contributed by atoms with Gasteiger partial charge in [-0.2, -0.15) is 0 Å². The Labute approximate surface area is 211 Å². The highest BCUT2D eigenvalue weighted by Crippen LogP contribution is 2.35. The Kier molecular flexibility index (Phi) is 6.74. The number of carbonyl (C=O) groups excluding carboxylic acids is 1. The van der Waals surface area contributed by atoms with Crippen molar-refractivity contribution in [2.45, 2.75) is 13.5 Å². The average Bonchev–Trinajstić information content (AvgIpc) is 2.94. The van der Waals surface area contributed by atoms with Crippen LogP contribution in [0.1, 0.15) is 27.0 Å². The van der Waals surface area contributed by atoms with Gasteiger partial charge in [-0.1, -0.05) is 84.9 Å². The van der Waals surface area contributed by atoms with Gasteiger partial charge in [0.25, 0.3) is 0 Å². The van der Waals surface area contributed by atoms with Crippen molar-refractivity contribution in [2.75, 3.05) is 4.90 Å². The van der Waals surface area contributed by atoms with Gasteiger partial charge in [-0.15, -0.1) is 0 Å². The number of nitrogens with zero attached hydrogens (tertiary/aromatic N) is 1. The number of hydrogen-bond donors (Lipinski definition) is 1. The number of carbonyl (C=O) groups is 1. The minimum Gasteiger partial charge on any atom is -0.392 e. The summed E-state index contributed by atoms with van der Waals surface area (Å²) in [6.07, 6.45) is 0. The fraction of sp³-hybridized carbons (Fsp3) is 0.0606. The van der Waals surface area contributed by atoms with Gasteiger partial charge in [-0.05, 0) is 71.6 Å². The van der Waals surface area contributed by atoms with Gasteiger partial charge >= 0.3 is 0 Å². The minimum absolute atomic E-state index is 0.0741. The van der Waals surface area contributed by atoms with Crippen molar-refractivity contribution in [1.29, 1.82) is 0 Å². The molecule has 36 heavy (non-hydrogen) atoms. The van der Waals surface area contributed by atoms with E-state index in [9.17, 15) is 9.90 Å².